The van der Waals surface area contributed by atoms with Gasteiger partial charge in [-0.1, -0.05) is 0 Å². The highest BCUT2D eigenvalue weighted by Crippen LogP contribution is 2.11. The molecular formula is C11H18FN3O2S. The molecule has 0 bridgehead atoms. The van der Waals surface area contributed by atoms with Crippen molar-refractivity contribution in [1.29, 1.82) is 0 Å². The van der Waals surface area contributed by atoms with Crippen molar-refractivity contribution in [3.63, 3.8) is 0 Å². The van der Waals surface area contributed by atoms with Gasteiger partial charge in [-0.2, -0.15) is 0 Å². The summed E-state index contributed by atoms with van der Waals surface area (Å²) in [6, 6.07) is 1.23. The first-order valence-electron chi connectivity index (χ1n) is 5.57. The molecule has 1 atom stereocenters. The Morgan fingerprint density at radius 3 is 2.67 bits per heavy atom. The van der Waals surface area contributed by atoms with Crippen LogP contribution < -0.4 is 5.32 Å². The van der Waals surface area contributed by atoms with Gasteiger partial charge in [-0.15, -0.1) is 0 Å². The van der Waals surface area contributed by atoms with Crippen LogP contribution in [-0.2, 0) is 10.0 Å². The Bertz CT molecular complexity index is 491. The molecule has 0 aliphatic rings. The third-order valence-corrected chi connectivity index (χ3v) is 4.43. The third kappa shape index (κ3) is 4.32. The molecule has 0 saturated heterocycles. The lowest BCUT2D eigenvalue weighted by atomic mass is 10.1. The maximum atomic E-state index is 13.0. The molecule has 18 heavy (non-hydrogen) atoms. The van der Waals surface area contributed by atoms with E-state index in [-0.39, 0.29) is 11.8 Å². The molecule has 0 saturated carbocycles. The average molecular weight is 275 g/mol. The second-order valence-electron chi connectivity index (χ2n) is 4.21. The summed E-state index contributed by atoms with van der Waals surface area (Å²) in [5.41, 5.74) is 0.692. The molecule has 0 aromatic carbocycles. The SMILES string of the molecule is CC(NCCS(=O)(=O)N(C)C)c1cncc(F)c1. The van der Waals surface area contributed by atoms with Crippen LogP contribution in [0.25, 0.3) is 0 Å². The van der Waals surface area contributed by atoms with E-state index in [0.717, 1.165) is 6.20 Å². The second-order valence-corrected chi connectivity index (χ2v) is 6.51. The standard InChI is InChI=1S/C11H18FN3O2S/c1-9(10-6-11(12)8-13-7-10)14-4-5-18(16,17)15(2)3/h6-9,14H,4-5H2,1-3H3. The lowest BCUT2D eigenvalue weighted by molar-refractivity contribution is 0.512. The largest absolute Gasteiger partial charge is 0.309 e. The summed E-state index contributed by atoms with van der Waals surface area (Å²) in [6.45, 7) is 2.14. The minimum absolute atomic E-state index is 0.00703. The molecule has 1 aromatic rings. The van der Waals surface area contributed by atoms with Crippen LogP contribution in [0, 0.1) is 5.82 Å². The van der Waals surface area contributed by atoms with E-state index in [1.807, 2.05) is 6.92 Å². The Morgan fingerprint density at radius 2 is 2.11 bits per heavy atom. The molecule has 0 aliphatic heterocycles. The number of hydrogen-bond donors (Lipinski definition) is 1. The lowest BCUT2D eigenvalue weighted by Crippen LogP contribution is -2.32. The zero-order chi connectivity index (χ0) is 13.8. The minimum Gasteiger partial charge on any atom is -0.309 e. The van der Waals surface area contributed by atoms with Crippen molar-refractivity contribution in [3.05, 3.63) is 29.8 Å². The van der Waals surface area contributed by atoms with Crippen molar-refractivity contribution < 1.29 is 12.8 Å². The van der Waals surface area contributed by atoms with Gasteiger partial charge in [-0.25, -0.2) is 17.1 Å². The molecule has 1 heterocycles. The average Bonchev–Trinajstić information content (AvgIpc) is 2.28. The number of nitrogens with zero attached hydrogens (tertiary/aromatic N) is 2. The van der Waals surface area contributed by atoms with Gasteiger partial charge in [0.15, 0.2) is 0 Å². The molecule has 1 unspecified atom stereocenters. The molecular weight excluding hydrogens is 257 g/mol. The monoisotopic (exact) mass is 275 g/mol. The predicted molar refractivity (Wildman–Crippen MR) is 68.1 cm³/mol. The quantitative estimate of drug-likeness (QED) is 0.832. The molecule has 0 radical (unpaired) electrons. The summed E-state index contributed by atoms with van der Waals surface area (Å²) in [4.78, 5) is 3.75. The van der Waals surface area contributed by atoms with E-state index >= 15 is 0 Å². The second kappa shape index (κ2) is 6.21. The molecule has 0 amide bonds. The third-order valence-electron chi connectivity index (χ3n) is 2.59. The Morgan fingerprint density at radius 1 is 1.44 bits per heavy atom. The van der Waals surface area contributed by atoms with Crippen LogP contribution in [0.15, 0.2) is 18.5 Å². The fraction of sp³-hybridized carbons (Fsp3) is 0.545. The minimum atomic E-state index is -3.20. The topological polar surface area (TPSA) is 62.3 Å². The zero-order valence-electron chi connectivity index (χ0n) is 10.7. The smallest absolute Gasteiger partial charge is 0.214 e. The molecule has 1 aromatic heterocycles. The Kier molecular flexibility index (Phi) is 5.18. The number of aromatic nitrogens is 1. The van der Waals surface area contributed by atoms with Gasteiger partial charge in [-0.05, 0) is 18.6 Å². The summed E-state index contributed by atoms with van der Waals surface area (Å²) in [5.74, 6) is -0.394. The molecule has 1 N–H and O–H groups in total. The van der Waals surface area contributed by atoms with Gasteiger partial charge in [0, 0.05) is 32.9 Å². The van der Waals surface area contributed by atoms with Crippen LogP contribution >= 0.6 is 0 Å². The maximum absolute atomic E-state index is 13.0. The van der Waals surface area contributed by atoms with Gasteiger partial charge in [0.2, 0.25) is 10.0 Å². The van der Waals surface area contributed by atoms with Crippen LogP contribution in [0.2, 0.25) is 0 Å². The van der Waals surface area contributed by atoms with E-state index in [4.69, 9.17) is 0 Å². The summed E-state index contributed by atoms with van der Waals surface area (Å²) >= 11 is 0. The van der Waals surface area contributed by atoms with E-state index < -0.39 is 15.8 Å². The van der Waals surface area contributed by atoms with Gasteiger partial charge in [-0.3, -0.25) is 4.98 Å². The van der Waals surface area contributed by atoms with E-state index in [1.165, 1.54) is 24.5 Å². The van der Waals surface area contributed by atoms with Crippen LogP contribution in [0.3, 0.4) is 0 Å². The molecule has 0 spiro atoms. The highest BCUT2D eigenvalue weighted by Gasteiger charge is 2.14. The Hall–Kier alpha value is -1.05. The fourth-order valence-electron chi connectivity index (χ4n) is 1.37. The number of rotatable bonds is 6. The number of pyridine rings is 1. The highest BCUT2D eigenvalue weighted by atomic mass is 32.2. The van der Waals surface area contributed by atoms with E-state index in [1.54, 1.807) is 6.20 Å². The van der Waals surface area contributed by atoms with Crippen LogP contribution in [0.5, 0.6) is 0 Å². The molecule has 0 fully saturated rings. The van der Waals surface area contributed by atoms with E-state index in [2.05, 4.69) is 10.3 Å². The van der Waals surface area contributed by atoms with Crippen molar-refractivity contribution in [3.8, 4) is 0 Å². The van der Waals surface area contributed by atoms with Crippen molar-refractivity contribution in [2.75, 3.05) is 26.4 Å². The predicted octanol–water partition coefficient (Wildman–Crippen LogP) is 0.763. The van der Waals surface area contributed by atoms with Crippen molar-refractivity contribution in [2.24, 2.45) is 0 Å². The lowest BCUT2D eigenvalue weighted by Gasteiger charge is -2.15. The summed E-state index contributed by atoms with van der Waals surface area (Å²) in [5, 5.41) is 3.02. The van der Waals surface area contributed by atoms with Crippen molar-refractivity contribution in [2.45, 2.75) is 13.0 Å². The zero-order valence-corrected chi connectivity index (χ0v) is 11.5. The molecule has 7 heteroatoms. The van der Waals surface area contributed by atoms with Gasteiger partial charge in [0.1, 0.15) is 5.82 Å². The fourth-order valence-corrected chi connectivity index (χ4v) is 2.11. The summed E-state index contributed by atoms with van der Waals surface area (Å²) < 4.78 is 37.2. The van der Waals surface area contributed by atoms with Crippen molar-refractivity contribution in [1.82, 2.24) is 14.6 Å². The number of halogens is 1. The van der Waals surface area contributed by atoms with Gasteiger partial charge < -0.3 is 5.32 Å². The summed E-state index contributed by atoms with van der Waals surface area (Å²) in [7, 11) is -0.213. The van der Waals surface area contributed by atoms with Crippen molar-refractivity contribution >= 4 is 10.0 Å². The van der Waals surface area contributed by atoms with Crippen LogP contribution in [0.1, 0.15) is 18.5 Å². The Balaban J connectivity index is 2.50. The van der Waals surface area contributed by atoms with E-state index in [0.29, 0.717) is 12.1 Å². The first kappa shape index (κ1) is 15.0. The molecule has 0 aliphatic carbocycles. The van der Waals surface area contributed by atoms with Gasteiger partial charge in [0.25, 0.3) is 0 Å². The van der Waals surface area contributed by atoms with Gasteiger partial charge >= 0.3 is 0 Å². The molecule has 5 nitrogen and oxygen atoms in total. The summed E-state index contributed by atoms with van der Waals surface area (Å²) in [6.07, 6.45) is 2.69. The maximum Gasteiger partial charge on any atom is 0.214 e. The number of nitrogens with one attached hydrogen (secondary N) is 1. The Labute approximate surface area is 107 Å². The van der Waals surface area contributed by atoms with Crippen LogP contribution in [0.4, 0.5) is 4.39 Å². The van der Waals surface area contributed by atoms with Crippen LogP contribution in [-0.4, -0.2) is 44.1 Å². The normalized spacial score (nSPS) is 13.8. The number of hydrogen-bond acceptors (Lipinski definition) is 4. The first-order chi connectivity index (χ1) is 8.33. The van der Waals surface area contributed by atoms with E-state index in [9.17, 15) is 12.8 Å². The first-order valence-corrected chi connectivity index (χ1v) is 7.18. The molecule has 102 valence electrons. The molecule has 1 rings (SSSR count). The van der Waals surface area contributed by atoms with Gasteiger partial charge in [0.05, 0.1) is 11.9 Å². The highest BCUT2D eigenvalue weighted by molar-refractivity contribution is 7.89. The number of sulfonamides is 1.